The van der Waals surface area contributed by atoms with Crippen LogP contribution in [0.4, 0.5) is 4.79 Å². The van der Waals surface area contributed by atoms with Gasteiger partial charge in [-0.3, -0.25) is 9.30 Å². The van der Waals surface area contributed by atoms with Gasteiger partial charge in [0, 0.05) is 49.7 Å². The van der Waals surface area contributed by atoms with E-state index in [2.05, 4.69) is 65.5 Å². The van der Waals surface area contributed by atoms with Crippen molar-refractivity contribution in [3.05, 3.63) is 54.0 Å². The van der Waals surface area contributed by atoms with Crippen LogP contribution >= 0.6 is 0 Å². The lowest BCUT2D eigenvalue weighted by Gasteiger charge is -2.50. The summed E-state index contributed by atoms with van der Waals surface area (Å²) in [5, 5.41) is 0. The largest absolute Gasteiger partial charge is 0.449 e. The fourth-order valence-corrected chi connectivity index (χ4v) is 5.26. The Morgan fingerprint density at radius 2 is 1.94 bits per heavy atom. The summed E-state index contributed by atoms with van der Waals surface area (Å²) in [7, 11) is 0. The smallest absolute Gasteiger partial charge is 0.410 e. The van der Waals surface area contributed by atoms with Crippen molar-refractivity contribution in [1.29, 1.82) is 0 Å². The van der Waals surface area contributed by atoms with Crippen LogP contribution in [0.3, 0.4) is 0 Å². The number of aromatic nitrogens is 3. The standard InChI is InChI=1S/C27H35N5O2/c1-4-5-15-34-27(33)32-17-22-11-12-23(32)16-30(22)18-24-25(29-26-28-13-6-14-31(24)26)21-9-7-20(8-10-21)19(2)3/h6-10,13-14,19,22-23H,4-5,11-12,15-18H2,1-3H3. The number of nitrogens with zero attached hydrogens (tertiary/aromatic N) is 5. The van der Waals surface area contributed by atoms with Crippen molar-refractivity contribution in [2.45, 2.75) is 71.0 Å². The Labute approximate surface area is 201 Å². The van der Waals surface area contributed by atoms with Gasteiger partial charge < -0.3 is 9.64 Å². The molecular weight excluding hydrogens is 426 g/mol. The number of imidazole rings is 1. The molecule has 3 aliphatic rings. The molecule has 0 saturated carbocycles. The van der Waals surface area contributed by atoms with Gasteiger partial charge in [0.1, 0.15) is 0 Å². The molecule has 0 aliphatic carbocycles. The first-order chi connectivity index (χ1) is 16.5. The summed E-state index contributed by atoms with van der Waals surface area (Å²) in [5.41, 5.74) is 4.59. The molecule has 6 rings (SSSR count). The van der Waals surface area contributed by atoms with Crippen LogP contribution < -0.4 is 0 Å². The van der Waals surface area contributed by atoms with Gasteiger partial charge in [-0.15, -0.1) is 0 Å². The highest BCUT2D eigenvalue weighted by Gasteiger charge is 2.42. The summed E-state index contributed by atoms with van der Waals surface area (Å²) < 4.78 is 7.64. The van der Waals surface area contributed by atoms with E-state index in [0.717, 1.165) is 68.0 Å². The van der Waals surface area contributed by atoms with Crippen molar-refractivity contribution in [1.82, 2.24) is 24.2 Å². The number of rotatable bonds is 7. The third-order valence-electron chi connectivity index (χ3n) is 7.31. The lowest BCUT2D eigenvalue weighted by Crippen LogP contribution is -2.63. The van der Waals surface area contributed by atoms with Crippen LogP contribution in [0.2, 0.25) is 0 Å². The number of piperidine rings is 2. The van der Waals surface area contributed by atoms with E-state index in [0.29, 0.717) is 18.6 Å². The minimum atomic E-state index is -0.146. The van der Waals surface area contributed by atoms with Crippen molar-refractivity contribution in [3.8, 4) is 11.3 Å². The third-order valence-corrected chi connectivity index (χ3v) is 7.31. The molecule has 2 unspecified atom stereocenters. The molecule has 180 valence electrons. The van der Waals surface area contributed by atoms with Gasteiger partial charge in [-0.05, 0) is 36.8 Å². The minimum Gasteiger partial charge on any atom is -0.449 e. The van der Waals surface area contributed by atoms with E-state index >= 15 is 0 Å². The number of amides is 1. The second kappa shape index (κ2) is 9.74. The van der Waals surface area contributed by atoms with E-state index in [1.54, 1.807) is 6.20 Å². The molecule has 1 aromatic carbocycles. The highest BCUT2D eigenvalue weighted by molar-refractivity contribution is 5.69. The summed E-state index contributed by atoms with van der Waals surface area (Å²) in [5.74, 6) is 1.22. The molecule has 2 bridgehead atoms. The summed E-state index contributed by atoms with van der Waals surface area (Å²) in [4.78, 5) is 26.5. The Kier molecular flexibility index (Phi) is 6.55. The number of unbranched alkanes of at least 4 members (excludes halogenated alkanes) is 1. The van der Waals surface area contributed by atoms with Gasteiger partial charge >= 0.3 is 6.09 Å². The molecule has 0 radical (unpaired) electrons. The van der Waals surface area contributed by atoms with E-state index < -0.39 is 0 Å². The quantitative estimate of drug-likeness (QED) is 0.458. The number of hydrogen-bond acceptors (Lipinski definition) is 5. The van der Waals surface area contributed by atoms with Gasteiger partial charge in [0.05, 0.1) is 18.0 Å². The molecular formula is C27H35N5O2. The molecule has 7 nitrogen and oxygen atoms in total. The molecule has 7 heteroatoms. The third kappa shape index (κ3) is 4.41. The molecule has 0 N–H and O–H groups in total. The van der Waals surface area contributed by atoms with Crippen molar-refractivity contribution in [2.24, 2.45) is 0 Å². The molecule has 3 fully saturated rings. The average molecular weight is 462 g/mol. The zero-order valence-electron chi connectivity index (χ0n) is 20.5. The maximum atomic E-state index is 12.6. The summed E-state index contributed by atoms with van der Waals surface area (Å²) in [6.45, 7) is 9.44. The van der Waals surface area contributed by atoms with Crippen molar-refractivity contribution in [3.63, 3.8) is 0 Å². The maximum absolute atomic E-state index is 12.6. The van der Waals surface area contributed by atoms with Gasteiger partial charge in [0.25, 0.3) is 0 Å². The Bertz CT molecular complexity index is 1140. The number of benzene rings is 1. The van der Waals surface area contributed by atoms with Gasteiger partial charge in [0.2, 0.25) is 5.78 Å². The van der Waals surface area contributed by atoms with Crippen LogP contribution in [0, 0.1) is 0 Å². The first kappa shape index (κ1) is 22.8. The Morgan fingerprint density at radius 3 is 2.65 bits per heavy atom. The second-order valence-electron chi connectivity index (χ2n) is 9.91. The van der Waals surface area contributed by atoms with Gasteiger partial charge in [-0.2, -0.15) is 0 Å². The molecule has 2 aromatic heterocycles. The molecule has 5 heterocycles. The van der Waals surface area contributed by atoms with E-state index in [4.69, 9.17) is 9.72 Å². The highest BCUT2D eigenvalue weighted by Crippen LogP contribution is 2.33. The summed E-state index contributed by atoms with van der Waals surface area (Å²) in [6.07, 6.45) is 7.80. The predicted octanol–water partition coefficient (Wildman–Crippen LogP) is 5.11. The van der Waals surface area contributed by atoms with Crippen LogP contribution in [0.1, 0.15) is 63.6 Å². The van der Waals surface area contributed by atoms with Gasteiger partial charge in [-0.25, -0.2) is 14.8 Å². The number of ether oxygens (including phenoxy) is 1. The molecule has 2 atom stereocenters. The Balaban J connectivity index is 1.38. The van der Waals surface area contributed by atoms with E-state index in [-0.39, 0.29) is 12.1 Å². The van der Waals surface area contributed by atoms with Crippen LogP contribution in [0.25, 0.3) is 17.0 Å². The second-order valence-corrected chi connectivity index (χ2v) is 9.91. The molecule has 3 aromatic rings. The van der Waals surface area contributed by atoms with Crippen molar-refractivity contribution < 1.29 is 9.53 Å². The topological polar surface area (TPSA) is 63.0 Å². The molecule has 1 amide bonds. The average Bonchev–Trinajstić information content (AvgIpc) is 3.23. The first-order valence-corrected chi connectivity index (χ1v) is 12.6. The number of hydrogen-bond donors (Lipinski definition) is 0. The predicted molar refractivity (Wildman–Crippen MR) is 133 cm³/mol. The van der Waals surface area contributed by atoms with Crippen LogP contribution in [0.5, 0.6) is 0 Å². The minimum absolute atomic E-state index is 0.146. The van der Waals surface area contributed by atoms with Crippen molar-refractivity contribution in [2.75, 3.05) is 19.7 Å². The zero-order chi connectivity index (χ0) is 23.7. The lowest BCUT2D eigenvalue weighted by atomic mass is 9.91. The fraction of sp³-hybridized carbons (Fsp3) is 0.519. The maximum Gasteiger partial charge on any atom is 0.410 e. The molecule has 34 heavy (non-hydrogen) atoms. The Morgan fingerprint density at radius 1 is 1.15 bits per heavy atom. The SMILES string of the molecule is CCCCOC(=O)N1CC2CCC1CN2Cc1c(-c2ccc(C(C)C)cc2)nc2ncccn12. The van der Waals surface area contributed by atoms with E-state index in [9.17, 15) is 4.79 Å². The monoisotopic (exact) mass is 461 g/mol. The number of carbonyl (C=O) groups is 1. The van der Waals surface area contributed by atoms with E-state index in [1.165, 1.54) is 5.56 Å². The number of carbonyl (C=O) groups excluding carboxylic acids is 1. The highest BCUT2D eigenvalue weighted by atomic mass is 16.6. The van der Waals surface area contributed by atoms with Crippen LogP contribution in [0.15, 0.2) is 42.7 Å². The zero-order valence-corrected chi connectivity index (χ0v) is 20.5. The summed E-state index contributed by atoms with van der Waals surface area (Å²) in [6, 6.07) is 11.3. The molecule has 3 saturated heterocycles. The Hall–Kier alpha value is -2.93. The van der Waals surface area contributed by atoms with Crippen molar-refractivity contribution >= 4 is 11.9 Å². The first-order valence-electron chi connectivity index (χ1n) is 12.6. The molecule has 3 aliphatic heterocycles. The summed E-state index contributed by atoms with van der Waals surface area (Å²) >= 11 is 0. The van der Waals surface area contributed by atoms with Gasteiger partial charge in [0.15, 0.2) is 0 Å². The fourth-order valence-electron chi connectivity index (χ4n) is 5.26. The van der Waals surface area contributed by atoms with E-state index in [1.807, 2.05) is 11.0 Å². The lowest BCUT2D eigenvalue weighted by molar-refractivity contribution is -0.0241. The normalized spacial score (nSPS) is 20.4. The number of fused-ring (bicyclic) bond motifs is 4. The molecule has 0 spiro atoms. The van der Waals surface area contributed by atoms with Crippen LogP contribution in [-0.4, -0.2) is 62.0 Å². The number of piperazine rings is 1. The van der Waals surface area contributed by atoms with Crippen LogP contribution in [-0.2, 0) is 11.3 Å². The van der Waals surface area contributed by atoms with Gasteiger partial charge in [-0.1, -0.05) is 51.5 Å².